The van der Waals surface area contributed by atoms with E-state index >= 15 is 0 Å². The van der Waals surface area contributed by atoms with Crippen LogP contribution in [0.15, 0.2) is 22.7 Å². The van der Waals surface area contributed by atoms with Crippen LogP contribution in [-0.2, 0) is 4.79 Å². The zero-order valence-corrected chi connectivity index (χ0v) is 12.3. The molecule has 0 heterocycles. The predicted molar refractivity (Wildman–Crippen MR) is 74.8 cm³/mol. The van der Waals surface area contributed by atoms with E-state index in [9.17, 15) is 9.90 Å². The van der Waals surface area contributed by atoms with Crippen molar-refractivity contribution in [2.75, 3.05) is 12.4 Å². The number of hydrogen-bond acceptors (Lipinski definition) is 3. The van der Waals surface area contributed by atoms with Gasteiger partial charge in [-0.3, -0.25) is 4.79 Å². The molecule has 0 aromatic heterocycles. The molecule has 0 bridgehead atoms. The molecule has 18 heavy (non-hydrogen) atoms. The number of aliphatic hydroxyl groups is 1. The van der Waals surface area contributed by atoms with Crippen molar-refractivity contribution in [2.24, 2.45) is 5.92 Å². The van der Waals surface area contributed by atoms with Crippen LogP contribution in [-0.4, -0.2) is 24.2 Å². The van der Waals surface area contributed by atoms with Gasteiger partial charge in [-0.05, 0) is 24.1 Å². The first-order chi connectivity index (χ1) is 8.43. The normalized spacial score (nSPS) is 12.3. The van der Waals surface area contributed by atoms with E-state index in [-0.39, 0.29) is 18.2 Å². The maximum atomic E-state index is 11.8. The van der Waals surface area contributed by atoms with Crippen LogP contribution in [0.1, 0.15) is 20.3 Å². The average Bonchev–Trinajstić information content (AvgIpc) is 2.28. The molecule has 0 aliphatic rings. The second kappa shape index (κ2) is 6.75. The fourth-order valence-electron chi connectivity index (χ4n) is 1.40. The second-order valence-electron chi connectivity index (χ2n) is 4.41. The Hall–Kier alpha value is -1.07. The van der Waals surface area contributed by atoms with Crippen LogP contribution in [0, 0.1) is 5.92 Å². The lowest BCUT2D eigenvalue weighted by atomic mass is 10.0. The lowest BCUT2D eigenvalue weighted by Gasteiger charge is -2.15. The number of methoxy groups -OCH3 is 1. The van der Waals surface area contributed by atoms with Crippen LogP contribution in [0.5, 0.6) is 5.75 Å². The van der Waals surface area contributed by atoms with Crippen molar-refractivity contribution >= 4 is 27.5 Å². The van der Waals surface area contributed by atoms with Gasteiger partial charge < -0.3 is 15.2 Å². The number of nitrogens with one attached hydrogen (secondary N) is 1. The summed E-state index contributed by atoms with van der Waals surface area (Å²) in [6.45, 7) is 3.75. The van der Waals surface area contributed by atoms with Gasteiger partial charge in [0.05, 0.1) is 25.3 Å². The minimum atomic E-state index is -0.636. The van der Waals surface area contributed by atoms with E-state index in [4.69, 9.17) is 4.74 Å². The van der Waals surface area contributed by atoms with Gasteiger partial charge >= 0.3 is 0 Å². The van der Waals surface area contributed by atoms with Gasteiger partial charge in [-0.2, -0.15) is 0 Å². The third kappa shape index (κ3) is 4.31. The van der Waals surface area contributed by atoms with E-state index in [1.165, 1.54) is 0 Å². The highest BCUT2D eigenvalue weighted by atomic mass is 79.9. The van der Waals surface area contributed by atoms with Crippen LogP contribution < -0.4 is 10.1 Å². The Morgan fingerprint density at radius 3 is 2.72 bits per heavy atom. The van der Waals surface area contributed by atoms with Crippen LogP contribution in [0.2, 0.25) is 0 Å². The highest BCUT2D eigenvalue weighted by Gasteiger charge is 2.15. The fraction of sp³-hybridized carbons (Fsp3) is 0.462. The molecule has 0 saturated carbocycles. The number of carbonyl (C=O) groups excluding carboxylic acids is 1. The van der Waals surface area contributed by atoms with Gasteiger partial charge in [0.2, 0.25) is 5.91 Å². The molecule has 100 valence electrons. The number of ether oxygens (including phenoxy) is 1. The Labute approximate surface area is 115 Å². The molecule has 4 nitrogen and oxygen atoms in total. The zero-order valence-electron chi connectivity index (χ0n) is 10.7. The van der Waals surface area contributed by atoms with E-state index < -0.39 is 6.10 Å². The molecule has 1 aromatic rings. The van der Waals surface area contributed by atoms with Gasteiger partial charge in [-0.25, -0.2) is 0 Å². The molecule has 0 spiro atoms. The number of carbonyl (C=O) groups is 1. The van der Waals surface area contributed by atoms with Gasteiger partial charge in [0.15, 0.2) is 0 Å². The standard InChI is InChI=1S/C13H18BrNO3/c1-8(2)11(16)7-13(17)15-10-6-9(14)4-5-12(10)18-3/h4-6,8,11,16H,7H2,1-3H3,(H,15,17). The van der Waals surface area contributed by atoms with Crippen molar-refractivity contribution in [2.45, 2.75) is 26.4 Å². The van der Waals surface area contributed by atoms with Crippen molar-refractivity contribution in [3.63, 3.8) is 0 Å². The largest absolute Gasteiger partial charge is 0.495 e. The molecule has 1 atom stereocenters. The summed E-state index contributed by atoms with van der Waals surface area (Å²) in [5, 5.41) is 12.4. The number of benzene rings is 1. The van der Waals surface area contributed by atoms with Gasteiger partial charge in [0.25, 0.3) is 0 Å². The number of aliphatic hydroxyl groups excluding tert-OH is 1. The van der Waals surface area contributed by atoms with E-state index in [0.29, 0.717) is 11.4 Å². The Balaban J connectivity index is 2.72. The smallest absolute Gasteiger partial charge is 0.227 e. The predicted octanol–water partition coefficient (Wildman–Crippen LogP) is 2.80. The third-order valence-corrected chi connectivity index (χ3v) is 3.09. The summed E-state index contributed by atoms with van der Waals surface area (Å²) < 4.78 is 6.01. The molecule has 5 heteroatoms. The highest BCUT2D eigenvalue weighted by Crippen LogP contribution is 2.28. The van der Waals surface area contributed by atoms with Crippen molar-refractivity contribution in [3.05, 3.63) is 22.7 Å². The first-order valence-electron chi connectivity index (χ1n) is 5.75. The molecule has 0 radical (unpaired) electrons. The Kier molecular flexibility index (Phi) is 5.62. The lowest BCUT2D eigenvalue weighted by Crippen LogP contribution is -2.23. The molecule has 2 N–H and O–H groups in total. The van der Waals surface area contributed by atoms with Crippen LogP contribution in [0.3, 0.4) is 0 Å². The molecule has 0 fully saturated rings. The summed E-state index contributed by atoms with van der Waals surface area (Å²) in [5.41, 5.74) is 0.591. The number of halogens is 1. The monoisotopic (exact) mass is 315 g/mol. The summed E-state index contributed by atoms with van der Waals surface area (Å²) in [6, 6.07) is 5.36. The molecule has 1 aromatic carbocycles. The summed E-state index contributed by atoms with van der Waals surface area (Å²) in [5.74, 6) is 0.415. The fourth-order valence-corrected chi connectivity index (χ4v) is 1.77. The van der Waals surface area contributed by atoms with Crippen molar-refractivity contribution in [3.8, 4) is 5.75 Å². The van der Waals surface area contributed by atoms with Crippen molar-refractivity contribution < 1.29 is 14.6 Å². The third-order valence-electron chi connectivity index (χ3n) is 2.60. The SMILES string of the molecule is COc1ccc(Br)cc1NC(=O)CC(O)C(C)C. The summed E-state index contributed by atoms with van der Waals surface area (Å²) in [7, 11) is 1.54. The molecule has 1 unspecified atom stereocenters. The maximum absolute atomic E-state index is 11.8. The molecule has 0 aliphatic carbocycles. The molecular weight excluding hydrogens is 298 g/mol. The minimum Gasteiger partial charge on any atom is -0.495 e. The van der Waals surface area contributed by atoms with Crippen LogP contribution >= 0.6 is 15.9 Å². The molecule has 0 aliphatic heterocycles. The Bertz CT molecular complexity index is 421. The molecular formula is C13H18BrNO3. The lowest BCUT2D eigenvalue weighted by molar-refractivity contribution is -0.118. The first-order valence-corrected chi connectivity index (χ1v) is 6.54. The molecule has 1 amide bonds. The highest BCUT2D eigenvalue weighted by molar-refractivity contribution is 9.10. The van der Waals surface area contributed by atoms with Crippen LogP contribution in [0.4, 0.5) is 5.69 Å². The van der Waals surface area contributed by atoms with E-state index in [0.717, 1.165) is 4.47 Å². The van der Waals surface area contributed by atoms with Gasteiger partial charge in [-0.1, -0.05) is 29.8 Å². The van der Waals surface area contributed by atoms with Crippen molar-refractivity contribution in [1.82, 2.24) is 0 Å². The first kappa shape index (κ1) is 15.0. The van der Waals surface area contributed by atoms with Crippen molar-refractivity contribution in [1.29, 1.82) is 0 Å². The van der Waals surface area contributed by atoms with E-state index in [2.05, 4.69) is 21.2 Å². The number of hydrogen-bond donors (Lipinski definition) is 2. The number of amides is 1. The summed E-state index contributed by atoms with van der Waals surface area (Å²) >= 11 is 3.33. The summed E-state index contributed by atoms with van der Waals surface area (Å²) in [4.78, 5) is 11.8. The Morgan fingerprint density at radius 1 is 1.50 bits per heavy atom. The second-order valence-corrected chi connectivity index (χ2v) is 5.32. The number of anilines is 1. The summed E-state index contributed by atoms with van der Waals surface area (Å²) in [6.07, 6.45) is -0.559. The molecule has 1 rings (SSSR count). The van der Waals surface area contributed by atoms with E-state index in [1.807, 2.05) is 19.9 Å². The molecule has 0 saturated heterocycles. The topological polar surface area (TPSA) is 58.6 Å². The van der Waals surface area contributed by atoms with E-state index in [1.54, 1.807) is 19.2 Å². The van der Waals surface area contributed by atoms with Crippen LogP contribution in [0.25, 0.3) is 0 Å². The van der Waals surface area contributed by atoms with Gasteiger partial charge in [-0.15, -0.1) is 0 Å². The number of rotatable bonds is 5. The average molecular weight is 316 g/mol. The quantitative estimate of drug-likeness (QED) is 0.878. The van der Waals surface area contributed by atoms with Gasteiger partial charge in [0.1, 0.15) is 5.75 Å². The minimum absolute atomic E-state index is 0.0557. The zero-order chi connectivity index (χ0) is 13.7. The maximum Gasteiger partial charge on any atom is 0.227 e. The van der Waals surface area contributed by atoms with Gasteiger partial charge in [0, 0.05) is 4.47 Å². The Morgan fingerprint density at radius 2 is 2.17 bits per heavy atom.